The molecule has 5 nitrogen and oxygen atoms in total. The van der Waals surface area contributed by atoms with Crippen LogP contribution in [0, 0.1) is 0 Å². The highest BCUT2D eigenvalue weighted by molar-refractivity contribution is 7.10. The first-order valence-corrected chi connectivity index (χ1v) is 8.57. The van der Waals surface area contributed by atoms with Crippen LogP contribution in [-0.2, 0) is 6.54 Å². The maximum atomic E-state index is 6.14. The predicted molar refractivity (Wildman–Crippen MR) is 84.7 cm³/mol. The lowest BCUT2D eigenvalue weighted by Crippen LogP contribution is -2.23. The molecule has 1 unspecified atom stereocenters. The van der Waals surface area contributed by atoms with Gasteiger partial charge in [0, 0.05) is 24.1 Å². The number of hydrogen-bond acceptors (Lipinski definition) is 6. The molecular weight excluding hydrogens is 322 g/mol. The minimum absolute atomic E-state index is 0.369. The van der Waals surface area contributed by atoms with E-state index >= 15 is 0 Å². The summed E-state index contributed by atoms with van der Waals surface area (Å²) in [5.74, 6) is 1.69. The molecule has 0 saturated carbocycles. The van der Waals surface area contributed by atoms with E-state index in [0.29, 0.717) is 23.6 Å². The molecule has 2 aliphatic rings. The highest BCUT2D eigenvalue weighted by Gasteiger charge is 2.28. The van der Waals surface area contributed by atoms with Gasteiger partial charge in [0.05, 0.1) is 0 Å². The van der Waals surface area contributed by atoms with Crippen LogP contribution >= 0.6 is 23.1 Å². The third-order valence-electron chi connectivity index (χ3n) is 4.18. The molecule has 0 spiro atoms. The van der Waals surface area contributed by atoms with Gasteiger partial charge < -0.3 is 9.47 Å². The van der Waals surface area contributed by atoms with Gasteiger partial charge in [-0.3, -0.25) is 4.90 Å². The van der Waals surface area contributed by atoms with Crippen LogP contribution < -0.4 is 9.47 Å². The van der Waals surface area contributed by atoms with Gasteiger partial charge in [-0.05, 0) is 37.1 Å². The number of aromatic nitrogens is 2. The molecule has 3 heterocycles. The van der Waals surface area contributed by atoms with Crippen LogP contribution in [0.5, 0.6) is 11.5 Å². The lowest BCUT2D eigenvalue weighted by atomic mass is 10.0. The molecule has 1 aromatic carbocycles. The molecule has 0 aliphatic carbocycles. The van der Waals surface area contributed by atoms with Crippen LogP contribution in [0.1, 0.15) is 30.1 Å². The molecule has 22 heavy (non-hydrogen) atoms. The molecular formula is C15H16ClN3O2S. The maximum absolute atomic E-state index is 6.14. The van der Waals surface area contributed by atoms with Crippen molar-refractivity contribution in [3.63, 3.8) is 0 Å². The third kappa shape index (κ3) is 2.66. The molecule has 116 valence electrons. The Morgan fingerprint density at radius 1 is 1.27 bits per heavy atom. The smallest absolute Gasteiger partial charge is 0.161 e. The Morgan fingerprint density at radius 3 is 2.95 bits per heavy atom. The quantitative estimate of drug-likeness (QED) is 0.860. The van der Waals surface area contributed by atoms with Crippen LogP contribution in [0.4, 0.5) is 0 Å². The number of rotatable bonds is 3. The molecule has 0 bridgehead atoms. The van der Waals surface area contributed by atoms with Gasteiger partial charge in [0.2, 0.25) is 0 Å². The number of hydrogen-bond donors (Lipinski definition) is 0. The van der Waals surface area contributed by atoms with Crippen molar-refractivity contribution in [3.05, 3.63) is 33.8 Å². The molecule has 0 radical (unpaired) electrons. The number of benzene rings is 1. The molecule has 1 atom stereocenters. The molecule has 2 aliphatic heterocycles. The zero-order valence-corrected chi connectivity index (χ0v) is 13.6. The molecule has 1 saturated heterocycles. The summed E-state index contributed by atoms with van der Waals surface area (Å²) in [6, 6.07) is 6.63. The van der Waals surface area contributed by atoms with E-state index < -0.39 is 0 Å². The van der Waals surface area contributed by atoms with Crippen molar-refractivity contribution >= 4 is 23.1 Å². The minimum Gasteiger partial charge on any atom is -0.486 e. The number of nitrogens with zero attached hydrogens (tertiary/aromatic N) is 3. The fourth-order valence-corrected chi connectivity index (χ4v) is 3.76. The summed E-state index contributed by atoms with van der Waals surface area (Å²) >= 11 is 7.38. The largest absolute Gasteiger partial charge is 0.486 e. The van der Waals surface area contributed by atoms with Gasteiger partial charge in [0.25, 0.3) is 0 Å². The van der Waals surface area contributed by atoms with Crippen molar-refractivity contribution in [2.45, 2.75) is 25.4 Å². The Hall–Kier alpha value is -1.37. The predicted octanol–water partition coefficient (Wildman–Crippen LogP) is 3.30. The Labute approximate surface area is 138 Å². The van der Waals surface area contributed by atoms with E-state index in [1.54, 1.807) is 0 Å². The molecule has 0 N–H and O–H groups in total. The number of likely N-dealkylation sites (tertiary alicyclic amines) is 1. The molecule has 7 heteroatoms. The maximum Gasteiger partial charge on any atom is 0.161 e. The Morgan fingerprint density at radius 2 is 2.14 bits per heavy atom. The fraction of sp³-hybridized carbons (Fsp3) is 0.467. The first kappa shape index (κ1) is 14.2. The molecule has 2 aromatic rings. The van der Waals surface area contributed by atoms with Crippen LogP contribution in [0.3, 0.4) is 0 Å². The monoisotopic (exact) mass is 337 g/mol. The van der Waals surface area contributed by atoms with Crippen molar-refractivity contribution in [2.75, 3.05) is 19.8 Å². The highest BCUT2D eigenvalue weighted by atomic mass is 35.5. The SMILES string of the molecule is Clc1snnc1CN1CCCC1c1ccc2c(c1)OCCO2. The van der Waals surface area contributed by atoms with Crippen molar-refractivity contribution in [1.29, 1.82) is 0 Å². The summed E-state index contributed by atoms with van der Waals surface area (Å²) in [5, 5.41) is 4.13. The van der Waals surface area contributed by atoms with E-state index in [-0.39, 0.29) is 0 Å². The van der Waals surface area contributed by atoms with Crippen LogP contribution in [0.2, 0.25) is 4.34 Å². The first-order valence-electron chi connectivity index (χ1n) is 7.41. The van der Waals surface area contributed by atoms with Crippen LogP contribution in [-0.4, -0.2) is 34.2 Å². The second-order valence-corrected chi connectivity index (χ2v) is 6.88. The molecule has 4 rings (SSSR count). The number of halogens is 1. The average Bonchev–Trinajstić information content (AvgIpc) is 3.17. The van der Waals surface area contributed by atoms with E-state index in [9.17, 15) is 0 Å². The minimum atomic E-state index is 0.369. The van der Waals surface area contributed by atoms with Gasteiger partial charge in [-0.1, -0.05) is 22.2 Å². The van der Waals surface area contributed by atoms with Crippen molar-refractivity contribution in [3.8, 4) is 11.5 Å². The first-order chi connectivity index (χ1) is 10.8. The zero-order chi connectivity index (χ0) is 14.9. The Kier molecular flexibility index (Phi) is 3.90. The second kappa shape index (κ2) is 6.02. The highest BCUT2D eigenvalue weighted by Crippen LogP contribution is 2.39. The van der Waals surface area contributed by atoms with Gasteiger partial charge in [-0.2, -0.15) is 0 Å². The van der Waals surface area contributed by atoms with E-state index in [4.69, 9.17) is 21.1 Å². The van der Waals surface area contributed by atoms with Crippen LogP contribution in [0.15, 0.2) is 18.2 Å². The van der Waals surface area contributed by atoms with Gasteiger partial charge in [-0.25, -0.2) is 0 Å². The van der Waals surface area contributed by atoms with Crippen LogP contribution in [0.25, 0.3) is 0 Å². The summed E-state index contributed by atoms with van der Waals surface area (Å²) in [6.45, 7) is 3.03. The Balaban J connectivity index is 1.57. The van der Waals surface area contributed by atoms with Gasteiger partial charge in [-0.15, -0.1) is 5.10 Å². The van der Waals surface area contributed by atoms with Gasteiger partial charge in [0.1, 0.15) is 23.2 Å². The zero-order valence-electron chi connectivity index (χ0n) is 12.0. The average molecular weight is 338 g/mol. The topological polar surface area (TPSA) is 47.5 Å². The van der Waals surface area contributed by atoms with Gasteiger partial charge >= 0.3 is 0 Å². The summed E-state index contributed by atoms with van der Waals surface area (Å²) in [6.07, 6.45) is 2.31. The summed E-state index contributed by atoms with van der Waals surface area (Å²) in [7, 11) is 0. The number of ether oxygens (including phenoxy) is 2. The van der Waals surface area contributed by atoms with Crippen molar-refractivity contribution in [2.24, 2.45) is 0 Å². The Bertz CT molecular complexity index is 679. The van der Waals surface area contributed by atoms with E-state index in [1.165, 1.54) is 23.5 Å². The van der Waals surface area contributed by atoms with Gasteiger partial charge in [0.15, 0.2) is 11.5 Å². The third-order valence-corrected chi connectivity index (χ3v) is 5.16. The molecule has 1 aromatic heterocycles. The summed E-state index contributed by atoms with van der Waals surface area (Å²) in [5.41, 5.74) is 2.14. The summed E-state index contributed by atoms with van der Waals surface area (Å²) < 4.78 is 15.9. The molecule has 0 amide bonds. The summed E-state index contributed by atoms with van der Waals surface area (Å²) in [4.78, 5) is 2.41. The lowest BCUT2D eigenvalue weighted by Gasteiger charge is -2.26. The lowest BCUT2D eigenvalue weighted by molar-refractivity contribution is 0.170. The van der Waals surface area contributed by atoms with Crippen molar-refractivity contribution < 1.29 is 9.47 Å². The molecule has 1 fully saturated rings. The standard InChI is InChI=1S/C15H16ClN3O2S/c16-15-11(17-18-22-15)9-19-5-1-2-12(19)10-3-4-13-14(8-10)21-7-6-20-13/h3-4,8,12H,1-2,5-7,9H2. The second-order valence-electron chi connectivity index (χ2n) is 5.52. The normalized spacial score (nSPS) is 21.2. The van der Waals surface area contributed by atoms with Crippen molar-refractivity contribution in [1.82, 2.24) is 14.5 Å². The van der Waals surface area contributed by atoms with E-state index in [2.05, 4.69) is 26.6 Å². The fourth-order valence-electron chi connectivity index (χ4n) is 3.14. The number of fused-ring (bicyclic) bond motifs is 1. The van der Waals surface area contributed by atoms with E-state index in [0.717, 1.165) is 36.7 Å². The van der Waals surface area contributed by atoms with E-state index in [1.807, 2.05) is 6.07 Å².